The van der Waals surface area contributed by atoms with E-state index in [1.807, 2.05) is 0 Å². The fourth-order valence-electron chi connectivity index (χ4n) is 2.88. The minimum absolute atomic E-state index is 0.155. The van der Waals surface area contributed by atoms with Crippen molar-refractivity contribution in [3.63, 3.8) is 0 Å². The molecule has 3 aromatic rings. The molecule has 4 heteroatoms. The highest BCUT2D eigenvalue weighted by Crippen LogP contribution is 2.35. The monoisotopic (exact) mass is 346 g/mol. The zero-order valence-electron chi connectivity index (χ0n) is 14.6. The number of allylic oxidation sites excluding steroid dienone is 1. The molecule has 2 heterocycles. The number of carbonyl (C=O) groups is 1. The fraction of sp³-hybridized carbons (Fsp3) is 0.136. The third-order valence-electron chi connectivity index (χ3n) is 4.36. The van der Waals surface area contributed by atoms with Crippen LogP contribution in [0.5, 0.6) is 11.5 Å². The summed E-state index contributed by atoms with van der Waals surface area (Å²) >= 11 is 0. The quantitative estimate of drug-likeness (QED) is 0.617. The molecule has 0 spiro atoms. The summed E-state index contributed by atoms with van der Waals surface area (Å²) in [7, 11) is 0. The molecule has 1 aliphatic heterocycles. The van der Waals surface area contributed by atoms with Gasteiger partial charge in [-0.1, -0.05) is 23.8 Å². The standard InChI is InChI=1S/C22H18O4/c1-14-5-6-15(2)16(10-14)13-25-18-7-8-19-20(11-18)26-21(22(19)23)12-17-4-3-9-24-17/h3-12H,13H2,1-2H3. The maximum absolute atomic E-state index is 12.4. The van der Waals surface area contributed by atoms with Crippen LogP contribution in [-0.2, 0) is 6.61 Å². The van der Waals surface area contributed by atoms with Gasteiger partial charge in [0.1, 0.15) is 23.9 Å². The van der Waals surface area contributed by atoms with Crippen molar-refractivity contribution >= 4 is 11.9 Å². The lowest BCUT2D eigenvalue weighted by atomic mass is 10.1. The Hall–Kier alpha value is -3.27. The van der Waals surface area contributed by atoms with E-state index in [4.69, 9.17) is 13.9 Å². The van der Waals surface area contributed by atoms with Crippen LogP contribution < -0.4 is 9.47 Å². The number of fused-ring (bicyclic) bond motifs is 1. The molecular formula is C22H18O4. The van der Waals surface area contributed by atoms with E-state index in [0.717, 1.165) is 5.56 Å². The first-order valence-corrected chi connectivity index (χ1v) is 8.41. The van der Waals surface area contributed by atoms with Crippen molar-refractivity contribution in [1.82, 2.24) is 0 Å². The maximum atomic E-state index is 12.4. The Morgan fingerprint density at radius 3 is 2.77 bits per heavy atom. The molecule has 0 atom stereocenters. The predicted molar refractivity (Wildman–Crippen MR) is 98.3 cm³/mol. The van der Waals surface area contributed by atoms with Crippen LogP contribution in [0, 0.1) is 13.8 Å². The summed E-state index contributed by atoms with van der Waals surface area (Å²) in [6.45, 7) is 4.59. The van der Waals surface area contributed by atoms with Crippen molar-refractivity contribution in [2.75, 3.05) is 0 Å². The average Bonchev–Trinajstić information content (AvgIpc) is 3.24. The molecule has 0 aliphatic carbocycles. The smallest absolute Gasteiger partial charge is 0.232 e. The van der Waals surface area contributed by atoms with E-state index < -0.39 is 0 Å². The summed E-state index contributed by atoms with van der Waals surface area (Å²) < 4.78 is 16.8. The molecule has 1 aliphatic rings. The highest BCUT2D eigenvalue weighted by Gasteiger charge is 2.28. The zero-order valence-corrected chi connectivity index (χ0v) is 14.6. The van der Waals surface area contributed by atoms with Crippen LogP contribution >= 0.6 is 0 Å². The van der Waals surface area contributed by atoms with Crippen LogP contribution in [0.15, 0.2) is 65.0 Å². The second-order valence-corrected chi connectivity index (χ2v) is 6.33. The molecule has 4 rings (SSSR count). The molecule has 0 radical (unpaired) electrons. The van der Waals surface area contributed by atoms with E-state index in [1.54, 1.807) is 42.7 Å². The normalized spacial score (nSPS) is 14.4. The maximum Gasteiger partial charge on any atom is 0.232 e. The molecule has 0 bridgehead atoms. The van der Waals surface area contributed by atoms with E-state index in [2.05, 4.69) is 32.0 Å². The molecule has 2 aromatic carbocycles. The lowest BCUT2D eigenvalue weighted by Gasteiger charge is -2.10. The van der Waals surface area contributed by atoms with Gasteiger partial charge < -0.3 is 13.9 Å². The number of hydrogen-bond donors (Lipinski definition) is 0. The van der Waals surface area contributed by atoms with Gasteiger partial charge in [0.25, 0.3) is 0 Å². The second-order valence-electron chi connectivity index (χ2n) is 6.33. The van der Waals surface area contributed by atoms with Gasteiger partial charge in [0.15, 0.2) is 5.76 Å². The van der Waals surface area contributed by atoms with E-state index >= 15 is 0 Å². The summed E-state index contributed by atoms with van der Waals surface area (Å²) in [5.41, 5.74) is 4.06. The summed E-state index contributed by atoms with van der Waals surface area (Å²) in [5, 5.41) is 0. The van der Waals surface area contributed by atoms with E-state index in [0.29, 0.717) is 29.4 Å². The molecule has 1 aromatic heterocycles. The molecule has 0 saturated carbocycles. The van der Waals surface area contributed by atoms with Crippen LogP contribution in [0.4, 0.5) is 0 Å². The van der Waals surface area contributed by atoms with E-state index in [9.17, 15) is 4.79 Å². The van der Waals surface area contributed by atoms with Crippen LogP contribution in [-0.4, -0.2) is 5.78 Å². The first kappa shape index (κ1) is 16.2. The summed E-state index contributed by atoms with van der Waals surface area (Å²) in [6.07, 6.45) is 3.15. The lowest BCUT2D eigenvalue weighted by Crippen LogP contribution is -1.99. The van der Waals surface area contributed by atoms with Crippen molar-refractivity contribution in [1.29, 1.82) is 0 Å². The topological polar surface area (TPSA) is 48.7 Å². The Bertz CT molecular complexity index is 997. The third kappa shape index (κ3) is 3.14. The summed E-state index contributed by atoms with van der Waals surface area (Å²) in [6, 6.07) is 15.1. The molecule has 0 amide bonds. The number of ether oxygens (including phenoxy) is 2. The van der Waals surface area contributed by atoms with Gasteiger partial charge in [-0.3, -0.25) is 4.79 Å². The van der Waals surface area contributed by atoms with Gasteiger partial charge in [-0.25, -0.2) is 0 Å². The molecular weight excluding hydrogens is 328 g/mol. The third-order valence-corrected chi connectivity index (χ3v) is 4.36. The predicted octanol–water partition coefficient (Wildman–Crippen LogP) is 5.09. The number of hydrogen-bond acceptors (Lipinski definition) is 4. The Morgan fingerprint density at radius 1 is 1.08 bits per heavy atom. The van der Waals surface area contributed by atoms with Crippen molar-refractivity contribution in [3.8, 4) is 11.5 Å². The average molecular weight is 346 g/mol. The SMILES string of the molecule is Cc1ccc(C)c(COc2ccc3c(c2)OC(=Cc2ccco2)C3=O)c1. The first-order chi connectivity index (χ1) is 12.6. The summed E-state index contributed by atoms with van der Waals surface area (Å²) in [5.74, 6) is 1.84. The van der Waals surface area contributed by atoms with Gasteiger partial charge in [-0.2, -0.15) is 0 Å². The van der Waals surface area contributed by atoms with E-state index in [-0.39, 0.29) is 11.5 Å². The highest BCUT2D eigenvalue weighted by atomic mass is 16.5. The van der Waals surface area contributed by atoms with Crippen molar-refractivity contribution in [3.05, 3.63) is 88.6 Å². The van der Waals surface area contributed by atoms with Crippen molar-refractivity contribution in [2.45, 2.75) is 20.5 Å². The Kier molecular flexibility index (Phi) is 4.09. The van der Waals surface area contributed by atoms with Crippen LogP contribution in [0.1, 0.15) is 32.8 Å². The minimum Gasteiger partial charge on any atom is -0.489 e. The van der Waals surface area contributed by atoms with Gasteiger partial charge in [0.2, 0.25) is 5.78 Å². The Morgan fingerprint density at radius 2 is 1.96 bits per heavy atom. The molecule has 0 N–H and O–H groups in total. The van der Waals surface area contributed by atoms with Crippen LogP contribution in [0.2, 0.25) is 0 Å². The Labute approximate surface area is 151 Å². The molecule has 0 saturated heterocycles. The van der Waals surface area contributed by atoms with Crippen LogP contribution in [0.25, 0.3) is 6.08 Å². The van der Waals surface area contributed by atoms with Gasteiger partial charge in [0, 0.05) is 12.1 Å². The summed E-state index contributed by atoms with van der Waals surface area (Å²) in [4.78, 5) is 12.4. The highest BCUT2D eigenvalue weighted by molar-refractivity contribution is 6.14. The number of carbonyl (C=O) groups excluding carboxylic acids is 1. The van der Waals surface area contributed by atoms with Gasteiger partial charge in [0.05, 0.1) is 11.8 Å². The fourth-order valence-corrected chi connectivity index (χ4v) is 2.88. The molecule has 0 fully saturated rings. The van der Waals surface area contributed by atoms with Gasteiger partial charge in [-0.15, -0.1) is 0 Å². The van der Waals surface area contributed by atoms with E-state index in [1.165, 1.54) is 11.1 Å². The minimum atomic E-state index is -0.155. The Balaban J connectivity index is 1.52. The van der Waals surface area contributed by atoms with Gasteiger partial charge in [-0.05, 0) is 49.2 Å². The number of Topliss-reactive ketones (excluding diaryl/α,β-unsaturated/α-hetero) is 1. The number of furan rings is 1. The number of ketones is 1. The first-order valence-electron chi connectivity index (χ1n) is 8.41. The number of benzene rings is 2. The van der Waals surface area contributed by atoms with Crippen molar-refractivity contribution in [2.24, 2.45) is 0 Å². The largest absolute Gasteiger partial charge is 0.489 e. The van der Waals surface area contributed by atoms with Crippen molar-refractivity contribution < 1.29 is 18.7 Å². The molecule has 0 unspecified atom stereocenters. The number of rotatable bonds is 4. The molecule has 4 nitrogen and oxygen atoms in total. The number of aryl methyl sites for hydroxylation is 2. The molecule has 130 valence electrons. The second kappa shape index (κ2) is 6.56. The lowest BCUT2D eigenvalue weighted by molar-refractivity contribution is 0.101. The molecule has 26 heavy (non-hydrogen) atoms. The zero-order chi connectivity index (χ0) is 18.1. The van der Waals surface area contributed by atoms with Crippen LogP contribution in [0.3, 0.4) is 0 Å². The van der Waals surface area contributed by atoms with Gasteiger partial charge >= 0.3 is 0 Å².